The minimum absolute atomic E-state index is 0.0335. The Morgan fingerprint density at radius 3 is 2.35 bits per heavy atom. The number of rotatable bonds is 6. The van der Waals surface area contributed by atoms with Gasteiger partial charge in [-0.05, 0) is 77.7 Å². The third-order valence-corrected chi connectivity index (χ3v) is 11.6. The summed E-state index contributed by atoms with van der Waals surface area (Å²) < 4.78 is 23.6. The van der Waals surface area contributed by atoms with Crippen LogP contribution in [0.15, 0.2) is 18.2 Å². The largest absolute Gasteiger partial charge is 0.347 e. The van der Waals surface area contributed by atoms with Crippen LogP contribution in [0.4, 0.5) is 0 Å². The average molecular weight is 543 g/mol. The highest BCUT2D eigenvalue weighted by molar-refractivity contribution is 7.91. The fourth-order valence-corrected chi connectivity index (χ4v) is 8.25. The molecule has 0 bridgehead atoms. The number of carbonyl (C=O) groups excluding carboxylic acids is 1. The Balaban J connectivity index is 1.49. The molecule has 1 aromatic heterocycles. The quantitative estimate of drug-likeness (QED) is 0.447. The molecule has 202 valence electrons. The number of carbonyl (C=O) groups is 1. The monoisotopic (exact) mass is 542 g/mol. The van der Waals surface area contributed by atoms with Crippen LogP contribution in [-0.4, -0.2) is 36.9 Å². The minimum atomic E-state index is -2.96. The normalized spacial score (nSPS) is 22.1. The van der Waals surface area contributed by atoms with E-state index < -0.39 is 9.84 Å². The second-order valence-corrected chi connectivity index (χ2v) is 16.3. The summed E-state index contributed by atoms with van der Waals surface area (Å²) in [5.41, 5.74) is 5.28. The Kier molecular flexibility index (Phi) is 7.34. The molecule has 1 aliphatic heterocycles. The van der Waals surface area contributed by atoms with E-state index in [1.165, 1.54) is 73.0 Å². The van der Waals surface area contributed by atoms with Crippen LogP contribution in [-0.2, 0) is 27.1 Å². The number of nitrogens with one attached hydrogen (secondary N) is 1. The van der Waals surface area contributed by atoms with Gasteiger partial charge < -0.3 is 5.32 Å². The first-order chi connectivity index (χ1) is 17.4. The number of benzene rings is 1. The zero-order chi connectivity index (χ0) is 26.4. The molecule has 0 unspecified atom stereocenters. The molecule has 0 radical (unpaired) electrons. The molecule has 1 amide bonds. The van der Waals surface area contributed by atoms with Crippen molar-refractivity contribution in [1.82, 2.24) is 10.3 Å². The molecule has 1 N–H and O–H groups in total. The molecular formula is C30H42N2O3S2. The summed E-state index contributed by atoms with van der Waals surface area (Å²) in [5, 5.41) is 3.60. The van der Waals surface area contributed by atoms with Crippen molar-refractivity contribution in [3.8, 4) is 10.4 Å². The molecule has 3 fully saturated rings. The highest BCUT2D eigenvalue weighted by Gasteiger charge is 2.40. The number of thiazole rings is 1. The molecule has 5 rings (SSSR count). The SMILES string of the molecule is CC(C)(C)c1cc(-c2sc(C(=O)NC3CCS(=O)(=O)CC3)nc2CC2CCCCC2)cc(C2(C)CC2)c1. The molecule has 7 heteroatoms. The van der Waals surface area contributed by atoms with E-state index in [-0.39, 0.29) is 34.3 Å². The lowest BCUT2D eigenvalue weighted by Crippen LogP contribution is -2.40. The van der Waals surface area contributed by atoms with Crippen molar-refractivity contribution >= 4 is 27.1 Å². The van der Waals surface area contributed by atoms with Crippen LogP contribution in [0.5, 0.6) is 0 Å². The lowest BCUT2D eigenvalue weighted by Gasteiger charge is -2.24. The van der Waals surface area contributed by atoms with Gasteiger partial charge in [0.05, 0.1) is 22.1 Å². The van der Waals surface area contributed by atoms with Gasteiger partial charge in [-0.1, -0.05) is 65.9 Å². The first kappa shape index (κ1) is 26.9. The first-order valence-electron chi connectivity index (χ1n) is 14.1. The van der Waals surface area contributed by atoms with Crippen LogP contribution in [0, 0.1) is 5.92 Å². The van der Waals surface area contributed by atoms with Gasteiger partial charge in [-0.15, -0.1) is 11.3 Å². The maximum Gasteiger partial charge on any atom is 0.280 e. The summed E-state index contributed by atoms with van der Waals surface area (Å²) in [4.78, 5) is 19.4. The van der Waals surface area contributed by atoms with Crippen molar-refractivity contribution in [3.63, 3.8) is 0 Å². The van der Waals surface area contributed by atoms with Gasteiger partial charge in [0.1, 0.15) is 9.84 Å². The standard InChI is InChI=1S/C30H42N2O3S2/c1-29(2,3)22-17-21(18-23(19-22)30(4)12-13-30)26-25(16-20-8-6-5-7-9-20)32-28(36-26)27(33)31-24-10-14-37(34,35)15-11-24/h17-20,24H,5-16H2,1-4H3,(H,31,33). The zero-order valence-corrected chi connectivity index (χ0v) is 24.5. The van der Waals surface area contributed by atoms with Gasteiger partial charge in [-0.25, -0.2) is 13.4 Å². The van der Waals surface area contributed by atoms with Crippen LogP contribution >= 0.6 is 11.3 Å². The van der Waals surface area contributed by atoms with Crippen molar-refractivity contribution in [1.29, 1.82) is 0 Å². The highest BCUT2D eigenvalue weighted by Crippen LogP contribution is 2.50. The Labute approximate surface area is 226 Å². The molecule has 0 atom stereocenters. The summed E-state index contributed by atoms with van der Waals surface area (Å²) in [5.74, 6) is 0.761. The fourth-order valence-electron chi connectivity index (χ4n) is 5.78. The number of aromatic nitrogens is 1. The summed E-state index contributed by atoms with van der Waals surface area (Å²) in [6.07, 6.45) is 10.7. The molecular weight excluding hydrogens is 500 g/mol. The molecule has 2 aliphatic carbocycles. The smallest absolute Gasteiger partial charge is 0.280 e. The van der Waals surface area contributed by atoms with Gasteiger partial charge >= 0.3 is 0 Å². The lowest BCUT2D eigenvalue weighted by molar-refractivity contribution is 0.0933. The third kappa shape index (κ3) is 6.30. The van der Waals surface area contributed by atoms with E-state index >= 15 is 0 Å². The summed E-state index contributed by atoms with van der Waals surface area (Å²) in [7, 11) is -2.96. The van der Waals surface area contributed by atoms with E-state index in [4.69, 9.17) is 4.98 Å². The Morgan fingerprint density at radius 1 is 1.05 bits per heavy atom. The van der Waals surface area contributed by atoms with Gasteiger partial charge in [0.25, 0.3) is 5.91 Å². The average Bonchev–Trinajstić information content (AvgIpc) is 3.47. The Bertz CT molecular complexity index is 1220. The predicted octanol–water partition coefficient (Wildman–Crippen LogP) is 6.59. The maximum absolute atomic E-state index is 13.3. The zero-order valence-electron chi connectivity index (χ0n) is 22.9. The van der Waals surface area contributed by atoms with Crippen LogP contribution in [0.2, 0.25) is 0 Å². The number of hydrogen-bond donors (Lipinski definition) is 1. The van der Waals surface area contributed by atoms with Crippen LogP contribution in [0.3, 0.4) is 0 Å². The van der Waals surface area contributed by atoms with Gasteiger partial charge in [-0.3, -0.25) is 4.79 Å². The third-order valence-electron chi connectivity index (χ3n) is 8.75. The van der Waals surface area contributed by atoms with Gasteiger partial charge in [-0.2, -0.15) is 0 Å². The minimum Gasteiger partial charge on any atom is -0.347 e. The molecule has 37 heavy (non-hydrogen) atoms. The molecule has 1 saturated heterocycles. The molecule has 3 aliphatic rings. The number of sulfone groups is 1. The molecule has 2 aromatic rings. The predicted molar refractivity (Wildman–Crippen MR) is 152 cm³/mol. The summed E-state index contributed by atoms with van der Waals surface area (Å²) >= 11 is 1.52. The van der Waals surface area contributed by atoms with Crippen molar-refractivity contribution in [3.05, 3.63) is 40.0 Å². The van der Waals surface area contributed by atoms with Crippen molar-refractivity contribution in [2.24, 2.45) is 5.92 Å². The summed E-state index contributed by atoms with van der Waals surface area (Å²) in [6, 6.07) is 6.97. The first-order valence-corrected chi connectivity index (χ1v) is 16.7. The van der Waals surface area contributed by atoms with Crippen LogP contribution < -0.4 is 5.32 Å². The molecule has 0 spiro atoms. The lowest BCUT2D eigenvalue weighted by atomic mass is 9.82. The second-order valence-electron chi connectivity index (χ2n) is 13.0. The van der Waals surface area contributed by atoms with Crippen LogP contribution in [0.1, 0.15) is 112 Å². The molecule has 2 saturated carbocycles. The number of hydrogen-bond acceptors (Lipinski definition) is 5. The van der Waals surface area contributed by atoms with E-state index in [9.17, 15) is 13.2 Å². The Hall–Kier alpha value is -1.73. The summed E-state index contributed by atoms with van der Waals surface area (Å²) in [6.45, 7) is 9.16. The van der Waals surface area contributed by atoms with E-state index in [1.54, 1.807) is 0 Å². The number of amides is 1. The highest BCUT2D eigenvalue weighted by atomic mass is 32.2. The van der Waals surface area contributed by atoms with Crippen LogP contribution in [0.25, 0.3) is 10.4 Å². The fraction of sp³-hybridized carbons (Fsp3) is 0.667. The van der Waals surface area contributed by atoms with Crippen molar-refractivity contribution in [2.45, 2.75) is 109 Å². The van der Waals surface area contributed by atoms with Gasteiger partial charge in [0.15, 0.2) is 5.01 Å². The second kappa shape index (κ2) is 10.1. The van der Waals surface area contributed by atoms with E-state index in [0.717, 1.165) is 17.0 Å². The topological polar surface area (TPSA) is 76.1 Å². The van der Waals surface area contributed by atoms with Gasteiger partial charge in [0, 0.05) is 6.04 Å². The maximum atomic E-state index is 13.3. The Morgan fingerprint density at radius 2 is 1.73 bits per heavy atom. The van der Waals surface area contributed by atoms with Gasteiger partial charge in [0.2, 0.25) is 0 Å². The molecule has 5 nitrogen and oxygen atoms in total. The van der Waals surface area contributed by atoms with Crippen molar-refractivity contribution in [2.75, 3.05) is 11.5 Å². The van der Waals surface area contributed by atoms with E-state index in [2.05, 4.69) is 51.2 Å². The van der Waals surface area contributed by atoms with Crippen molar-refractivity contribution < 1.29 is 13.2 Å². The molecule has 1 aromatic carbocycles. The van der Waals surface area contributed by atoms with E-state index in [1.807, 2.05) is 0 Å². The number of nitrogens with zero attached hydrogens (tertiary/aromatic N) is 1. The van der Waals surface area contributed by atoms with E-state index in [0.29, 0.717) is 23.8 Å². The molecule has 2 heterocycles.